The van der Waals surface area contributed by atoms with E-state index in [-0.39, 0.29) is 18.0 Å². The van der Waals surface area contributed by atoms with Crippen LogP contribution in [0.25, 0.3) is 21.3 Å². The van der Waals surface area contributed by atoms with Crippen molar-refractivity contribution in [2.75, 3.05) is 12.3 Å². The molecule has 0 saturated heterocycles. The number of hydrogen-bond acceptors (Lipinski definition) is 9. The Morgan fingerprint density at radius 1 is 1.15 bits per heavy atom. The number of anilines is 1. The van der Waals surface area contributed by atoms with E-state index >= 15 is 0 Å². The number of pyridine rings is 1. The van der Waals surface area contributed by atoms with Gasteiger partial charge in [0, 0.05) is 27.7 Å². The summed E-state index contributed by atoms with van der Waals surface area (Å²) in [6.45, 7) is 2.19. The standard InChI is InChI=1S/C27H23ClN6O4S/c1-15-2-5-17(21-11-34(33-32-21)10-16-3-6-19(28)7-4-16)8-22(15)37-12-18-14-39-25-20(9-31-26(30)24(18)25)27(36)38-13-23(29)35/h2-9,11,14H,10,12-13H2,1H3,(H2,29,35)(H2,30,31). The van der Waals surface area contributed by atoms with Crippen LogP contribution in [0.3, 0.4) is 0 Å². The van der Waals surface area contributed by atoms with Crippen LogP contribution in [-0.4, -0.2) is 38.5 Å². The fourth-order valence-corrected chi connectivity index (χ4v) is 5.14. The molecular formula is C27H23ClN6O4S. The number of esters is 1. The second-order valence-corrected chi connectivity index (χ2v) is 10.1. The summed E-state index contributed by atoms with van der Waals surface area (Å²) in [6, 6.07) is 13.4. The molecule has 12 heteroatoms. The van der Waals surface area contributed by atoms with Gasteiger partial charge in [0.1, 0.15) is 23.9 Å². The molecule has 0 aliphatic carbocycles. The van der Waals surface area contributed by atoms with Crippen LogP contribution >= 0.6 is 22.9 Å². The lowest BCUT2D eigenvalue weighted by atomic mass is 10.1. The first-order chi connectivity index (χ1) is 18.8. The fraction of sp³-hybridized carbons (Fsp3) is 0.148. The number of benzene rings is 2. The highest BCUT2D eigenvalue weighted by Gasteiger charge is 2.19. The molecule has 0 saturated carbocycles. The molecule has 0 spiro atoms. The molecule has 4 N–H and O–H groups in total. The van der Waals surface area contributed by atoms with Crippen LogP contribution in [0, 0.1) is 6.92 Å². The summed E-state index contributed by atoms with van der Waals surface area (Å²) < 4.78 is 13.5. The maximum absolute atomic E-state index is 12.4. The average Bonchev–Trinajstić information content (AvgIpc) is 3.56. The molecule has 2 aromatic carbocycles. The molecule has 1 amide bonds. The van der Waals surface area contributed by atoms with Crippen molar-refractivity contribution >= 4 is 50.7 Å². The summed E-state index contributed by atoms with van der Waals surface area (Å²) in [6.07, 6.45) is 3.20. The van der Waals surface area contributed by atoms with Crippen molar-refractivity contribution in [2.45, 2.75) is 20.1 Å². The predicted octanol–water partition coefficient (Wildman–Crippen LogP) is 4.37. The minimum absolute atomic E-state index is 0.194. The zero-order valence-electron chi connectivity index (χ0n) is 20.8. The molecule has 0 aliphatic rings. The van der Waals surface area contributed by atoms with Crippen molar-refractivity contribution in [1.82, 2.24) is 20.0 Å². The van der Waals surface area contributed by atoms with Gasteiger partial charge >= 0.3 is 5.97 Å². The second kappa shape index (κ2) is 11.1. The van der Waals surface area contributed by atoms with Gasteiger partial charge in [-0.25, -0.2) is 14.5 Å². The van der Waals surface area contributed by atoms with Crippen molar-refractivity contribution in [3.63, 3.8) is 0 Å². The van der Waals surface area contributed by atoms with E-state index in [1.165, 1.54) is 17.5 Å². The monoisotopic (exact) mass is 562 g/mol. The number of halogens is 1. The Morgan fingerprint density at radius 2 is 1.95 bits per heavy atom. The zero-order valence-corrected chi connectivity index (χ0v) is 22.3. The molecule has 3 heterocycles. The van der Waals surface area contributed by atoms with E-state index in [0.717, 1.165) is 22.3 Å². The zero-order chi connectivity index (χ0) is 27.5. The van der Waals surface area contributed by atoms with Gasteiger partial charge in [-0.1, -0.05) is 41.1 Å². The summed E-state index contributed by atoms with van der Waals surface area (Å²) in [5.74, 6) is -0.514. The van der Waals surface area contributed by atoms with Crippen molar-refractivity contribution in [2.24, 2.45) is 5.73 Å². The first-order valence-corrected chi connectivity index (χ1v) is 13.0. The highest BCUT2D eigenvalue weighted by molar-refractivity contribution is 7.17. The number of nitrogen functional groups attached to an aromatic ring is 1. The Morgan fingerprint density at radius 3 is 2.72 bits per heavy atom. The molecule has 0 atom stereocenters. The summed E-state index contributed by atoms with van der Waals surface area (Å²) in [5.41, 5.74) is 15.8. The summed E-state index contributed by atoms with van der Waals surface area (Å²) in [5, 5.41) is 11.7. The summed E-state index contributed by atoms with van der Waals surface area (Å²) in [7, 11) is 0. The molecule has 0 bridgehead atoms. The molecule has 0 unspecified atom stereocenters. The molecule has 10 nitrogen and oxygen atoms in total. The number of primary amides is 1. The number of carbonyl (C=O) groups excluding carboxylic acids is 2. The van der Waals surface area contributed by atoms with Crippen LogP contribution in [0.2, 0.25) is 5.02 Å². The Bertz CT molecular complexity index is 1680. The molecule has 3 aromatic heterocycles. The minimum atomic E-state index is -0.745. The average molecular weight is 563 g/mol. The van der Waals surface area contributed by atoms with Crippen LogP contribution in [-0.2, 0) is 22.7 Å². The van der Waals surface area contributed by atoms with Gasteiger partial charge in [-0.05, 0) is 41.6 Å². The van der Waals surface area contributed by atoms with Gasteiger partial charge in [-0.2, -0.15) is 0 Å². The molecule has 39 heavy (non-hydrogen) atoms. The van der Waals surface area contributed by atoms with Gasteiger partial charge < -0.3 is 20.9 Å². The Kier molecular flexibility index (Phi) is 7.44. The van der Waals surface area contributed by atoms with Crippen LogP contribution < -0.4 is 16.2 Å². The van der Waals surface area contributed by atoms with E-state index in [2.05, 4.69) is 15.3 Å². The molecule has 5 aromatic rings. The topological polar surface area (TPSA) is 148 Å². The first-order valence-electron chi connectivity index (χ1n) is 11.8. The van der Waals surface area contributed by atoms with Gasteiger partial charge in [-0.3, -0.25) is 4.79 Å². The summed E-state index contributed by atoms with van der Waals surface area (Å²) in [4.78, 5) is 27.6. The molecule has 198 valence electrons. The van der Waals surface area contributed by atoms with E-state index in [1.54, 1.807) is 4.68 Å². The Hall–Kier alpha value is -4.48. The second-order valence-electron chi connectivity index (χ2n) is 8.76. The normalized spacial score (nSPS) is 11.0. The van der Waals surface area contributed by atoms with Gasteiger partial charge in [0.25, 0.3) is 5.91 Å². The summed E-state index contributed by atoms with van der Waals surface area (Å²) >= 11 is 7.29. The highest BCUT2D eigenvalue weighted by Crippen LogP contribution is 2.34. The van der Waals surface area contributed by atoms with E-state index in [4.69, 9.17) is 32.5 Å². The van der Waals surface area contributed by atoms with Crippen LogP contribution in [0.15, 0.2) is 60.2 Å². The van der Waals surface area contributed by atoms with E-state index in [9.17, 15) is 9.59 Å². The van der Waals surface area contributed by atoms with E-state index in [0.29, 0.717) is 33.1 Å². The lowest BCUT2D eigenvalue weighted by Crippen LogP contribution is -2.21. The predicted molar refractivity (Wildman–Crippen MR) is 149 cm³/mol. The van der Waals surface area contributed by atoms with Crippen molar-refractivity contribution in [3.8, 4) is 17.0 Å². The fourth-order valence-electron chi connectivity index (χ4n) is 3.95. The Labute approximate surface area is 232 Å². The van der Waals surface area contributed by atoms with Crippen LogP contribution in [0.5, 0.6) is 5.75 Å². The number of ether oxygens (including phenoxy) is 2. The number of aryl methyl sites for hydroxylation is 1. The molecule has 0 aliphatic heterocycles. The molecule has 0 fully saturated rings. The quantitative estimate of drug-likeness (QED) is 0.252. The Balaban J connectivity index is 1.34. The smallest absolute Gasteiger partial charge is 0.341 e. The van der Waals surface area contributed by atoms with Gasteiger partial charge in [0.05, 0.1) is 23.0 Å². The van der Waals surface area contributed by atoms with Gasteiger partial charge in [0.15, 0.2) is 6.61 Å². The number of carbonyl (C=O) groups is 2. The lowest BCUT2D eigenvalue weighted by molar-refractivity contribution is -0.121. The molecular weight excluding hydrogens is 540 g/mol. The maximum atomic E-state index is 12.4. The van der Waals surface area contributed by atoms with Gasteiger partial charge in [-0.15, -0.1) is 16.4 Å². The number of nitrogens with zero attached hydrogens (tertiary/aromatic N) is 4. The molecule has 5 rings (SSSR count). The maximum Gasteiger partial charge on any atom is 0.341 e. The number of amides is 1. The third-order valence-electron chi connectivity index (χ3n) is 5.93. The van der Waals surface area contributed by atoms with Crippen molar-refractivity contribution in [3.05, 3.63) is 87.5 Å². The van der Waals surface area contributed by atoms with Crippen LogP contribution in [0.4, 0.5) is 5.82 Å². The van der Waals surface area contributed by atoms with Crippen molar-refractivity contribution in [1.29, 1.82) is 0 Å². The largest absolute Gasteiger partial charge is 0.489 e. The number of aromatic nitrogens is 4. The van der Waals surface area contributed by atoms with Gasteiger partial charge in [0.2, 0.25) is 0 Å². The SMILES string of the molecule is Cc1ccc(-c2cn(Cc3ccc(Cl)cc3)nn2)cc1OCc1csc2c(C(=O)OCC(N)=O)cnc(N)c12. The third-order valence-corrected chi connectivity index (χ3v) is 7.24. The number of fused-ring (bicyclic) bond motifs is 1. The first kappa shape index (κ1) is 26.1. The van der Waals surface area contributed by atoms with E-state index < -0.39 is 18.5 Å². The number of nitrogens with two attached hydrogens (primary N) is 2. The number of rotatable bonds is 9. The molecule has 0 radical (unpaired) electrons. The number of thiophene rings is 1. The van der Waals surface area contributed by atoms with Crippen LogP contribution in [0.1, 0.15) is 27.0 Å². The lowest BCUT2D eigenvalue weighted by Gasteiger charge is -2.11. The van der Waals surface area contributed by atoms with E-state index in [1.807, 2.05) is 61.0 Å². The highest BCUT2D eigenvalue weighted by atomic mass is 35.5. The number of hydrogen-bond donors (Lipinski definition) is 2. The third kappa shape index (κ3) is 5.84. The van der Waals surface area contributed by atoms with Crippen molar-refractivity contribution < 1.29 is 19.1 Å². The minimum Gasteiger partial charge on any atom is -0.489 e.